The van der Waals surface area contributed by atoms with E-state index in [4.69, 9.17) is 20.8 Å². The van der Waals surface area contributed by atoms with Gasteiger partial charge >= 0.3 is 5.97 Å². The Labute approximate surface area is 212 Å². The van der Waals surface area contributed by atoms with E-state index in [1.165, 1.54) is 35.2 Å². The molecule has 0 bridgehead atoms. The van der Waals surface area contributed by atoms with Crippen molar-refractivity contribution in [3.63, 3.8) is 0 Å². The van der Waals surface area contributed by atoms with Gasteiger partial charge in [-0.25, -0.2) is 4.79 Å². The average Bonchev–Trinajstić information content (AvgIpc) is 3.52. The summed E-state index contributed by atoms with van der Waals surface area (Å²) in [5, 5.41) is 23.5. The molecule has 0 spiro atoms. The molecule has 3 aromatic heterocycles. The standard InChI is InChI=1S/C20H11ClN4O7S3/c21-12-4-3-10(6-13(12)25(29)30)18(28)32-15-8-31-11(7-14(15)26)9-34-20-24-23-19(35-20)22-17(27)16-2-1-5-33-16/h1-8H,9H2,(H,22,23,27). The molecule has 0 aliphatic heterocycles. The van der Waals surface area contributed by atoms with Gasteiger partial charge in [0.25, 0.3) is 11.6 Å². The molecular weight excluding hydrogens is 540 g/mol. The van der Waals surface area contributed by atoms with Crippen LogP contribution in [-0.2, 0) is 5.75 Å². The summed E-state index contributed by atoms with van der Waals surface area (Å²) < 4.78 is 10.9. The van der Waals surface area contributed by atoms with Gasteiger partial charge < -0.3 is 9.15 Å². The SMILES string of the molecule is O=C(Oc1coc(CSc2nnc(NC(=O)c3cccs3)s2)cc1=O)c1ccc(Cl)c([N+](=O)[O-])c1. The lowest BCUT2D eigenvalue weighted by atomic mass is 10.2. The van der Waals surface area contributed by atoms with E-state index in [0.717, 1.165) is 29.7 Å². The molecule has 0 aliphatic rings. The van der Waals surface area contributed by atoms with E-state index in [2.05, 4.69) is 15.5 Å². The number of nitro benzene ring substituents is 1. The fraction of sp³-hybridized carbons (Fsp3) is 0.0500. The number of amides is 1. The molecule has 0 saturated heterocycles. The number of halogens is 1. The second-order valence-electron chi connectivity index (χ2n) is 6.48. The lowest BCUT2D eigenvalue weighted by Gasteiger charge is -2.05. The Kier molecular flexibility index (Phi) is 7.55. The number of ether oxygens (including phenoxy) is 1. The molecule has 35 heavy (non-hydrogen) atoms. The summed E-state index contributed by atoms with van der Waals surface area (Å²) in [6.45, 7) is 0. The van der Waals surface area contributed by atoms with Gasteiger partial charge in [0.15, 0.2) is 4.34 Å². The van der Waals surface area contributed by atoms with Gasteiger partial charge in [-0.3, -0.25) is 25.0 Å². The number of hydrogen-bond acceptors (Lipinski definition) is 12. The number of nitro groups is 1. The molecule has 0 atom stereocenters. The molecule has 0 unspecified atom stereocenters. The number of esters is 1. The smallest absolute Gasteiger partial charge is 0.344 e. The Morgan fingerprint density at radius 3 is 2.80 bits per heavy atom. The molecule has 1 N–H and O–H groups in total. The fourth-order valence-corrected chi connectivity index (χ4v) is 4.99. The summed E-state index contributed by atoms with van der Waals surface area (Å²) in [5.41, 5.74) is -1.24. The van der Waals surface area contributed by atoms with Crippen LogP contribution in [0.25, 0.3) is 0 Å². The minimum atomic E-state index is -0.981. The van der Waals surface area contributed by atoms with Crippen molar-refractivity contribution in [1.29, 1.82) is 0 Å². The largest absolute Gasteiger partial charge is 0.464 e. The summed E-state index contributed by atoms with van der Waals surface area (Å²) in [6, 6.07) is 8.00. The first-order valence-electron chi connectivity index (χ1n) is 9.39. The van der Waals surface area contributed by atoms with E-state index in [-0.39, 0.29) is 33.8 Å². The quantitative estimate of drug-likeness (QED) is 0.105. The molecule has 0 radical (unpaired) electrons. The van der Waals surface area contributed by atoms with Crippen LogP contribution in [0, 0.1) is 10.1 Å². The minimum Gasteiger partial charge on any atom is -0.464 e. The zero-order valence-electron chi connectivity index (χ0n) is 17.1. The molecule has 1 amide bonds. The van der Waals surface area contributed by atoms with Gasteiger partial charge in [0.2, 0.25) is 16.3 Å². The molecule has 3 heterocycles. The number of anilines is 1. The number of rotatable bonds is 8. The van der Waals surface area contributed by atoms with Crippen LogP contribution in [0.1, 0.15) is 25.8 Å². The molecule has 1 aromatic carbocycles. The van der Waals surface area contributed by atoms with Crippen LogP contribution < -0.4 is 15.5 Å². The highest BCUT2D eigenvalue weighted by Gasteiger charge is 2.19. The number of carbonyl (C=O) groups is 2. The van der Waals surface area contributed by atoms with Crippen LogP contribution in [0.5, 0.6) is 5.75 Å². The maximum Gasteiger partial charge on any atom is 0.344 e. The number of nitrogens with zero attached hydrogens (tertiary/aromatic N) is 3. The number of carbonyl (C=O) groups excluding carboxylic acids is 2. The van der Waals surface area contributed by atoms with Crippen LogP contribution in [0.4, 0.5) is 10.8 Å². The maximum absolute atomic E-state index is 12.3. The van der Waals surface area contributed by atoms with Crippen LogP contribution in [0.3, 0.4) is 0 Å². The first-order chi connectivity index (χ1) is 16.8. The van der Waals surface area contributed by atoms with E-state index >= 15 is 0 Å². The summed E-state index contributed by atoms with van der Waals surface area (Å²) in [4.78, 5) is 47.5. The van der Waals surface area contributed by atoms with Crippen molar-refractivity contribution < 1.29 is 23.7 Å². The second-order valence-corrected chi connectivity index (χ2v) is 10.0. The van der Waals surface area contributed by atoms with Crippen LogP contribution in [-0.4, -0.2) is 27.0 Å². The van der Waals surface area contributed by atoms with Crippen molar-refractivity contribution in [2.24, 2.45) is 0 Å². The second kappa shape index (κ2) is 10.8. The van der Waals surface area contributed by atoms with Crippen LogP contribution >= 0.6 is 46.0 Å². The number of thioether (sulfide) groups is 1. The Bertz CT molecular complexity index is 1470. The van der Waals surface area contributed by atoms with Crippen molar-refractivity contribution >= 4 is 68.7 Å². The maximum atomic E-state index is 12.3. The molecular formula is C20H11ClN4O7S3. The first kappa shape index (κ1) is 24.5. The molecule has 178 valence electrons. The molecule has 0 fully saturated rings. The van der Waals surface area contributed by atoms with Crippen molar-refractivity contribution in [3.05, 3.63) is 89.6 Å². The van der Waals surface area contributed by atoms with Gasteiger partial charge in [0.05, 0.1) is 21.1 Å². The Morgan fingerprint density at radius 2 is 2.09 bits per heavy atom. The molecule has 15 heteroatoms. The highest BCUT2D eigenvalue weighted by molar-refractivity contribution is 8.00. The lowest BCUT2D eigenvalue weighted by Crippen LogP contribution is -2.15. The van der Waals surface area contributed by atoms with Gasteiger partial charge in [0.1, 0.15) is 17.0 Å². The van der Waals surface area contributed by atoms with Crippen LogP contribution in [0.2, 0.25) is 5.02 Å². The van der Waals surface area contributed by atoms with E-state index in [1.54, 1.807) is 17.5 Å². The highest BCUT2D eigenvalue weighted by Crippen LogP contribution is 2.29. The van der Waals surface area contributed by atoms with E-state index in [0.29, 0.717) is 14.3 Å². The summed E-state index contributed by atoms with van der Waals surface area (Å²) in [5.74, 6) is -1.14. The van der Waals surface area contributed by atoms with Crippen molar-refractivity contribution in [2.75, 3.05) is 5.32 Å². The number of hydrogen-bond donors (Lipinski definition) is 1. The van der Waals surface area contributed by atoms with E-state index in [1.807, 2.05) is 0 Å². The minimum absolute atomic E-state index is 0.139. The predicted octanol–water partition coefficient (Wildman–Crippen LogP) is 4.88. The first-order valence-corrected chi connectivity index (χ1v) is 12.4. The Hall–Kier alpha value is -3.59. The van der Waals surface area contributed by atoms with Crippen molar-refractivity contribution in [1.82, 2.24) is 10.2 Å². The third-order valence-corrected chi connectivity index (χ3v) is 7.33. The normalized spacial score (nSPS) is 10.7. The number of nitrogens with one attached hydrogen (secondary N) is 1. The van der Waals surface area contributed by atoms with E-state index < -0.39 is 22.0 Å². The zero-order valence-corrected chi connectivity index (χ0v) is 20.3. The summed E-state index contributed by atoms with van der Waals surface area (Å²) >= 11 is 9.43. The molecule has 4 aromatic rings. The van der Waals surface area contributed by atoms with Gasteiger partial charge in [-0.2, -0.15) is 0 Å². The van der Waals surface area contributed by atoms with Gasteiger partial charge in [-0.05, 0) is 23.6 Å². The van der Waals surface area contributed by atoms with Crippen LogP contribution in [0.15, 0.2) is 61.6 Å². The number of aromatic nitrogens is 2. The predicted molar refractivity (Wildman–Crippen MR) is 130 cm³/mol. The number of thiophene rings is 1. The zero-order chi connectivity index (χ0) is 24.9. The third kappa shape index (κ3) is 6.10. The third-order valence-electron chi connectivity index (χ3n) is 4.14. The average molecular weight is 551 g/mol. The van der Waals surface area contributed by atoms with Crippen molar-refractivity contribution in [3.8, 4) is 5.75 Å². The summed E-state index contributed by atoms with van der Waals surface area (Å²) in [7, 11) is 0. The summed E-state index contributed by atoms with van der Waals surface area (Å²) in [6.07, 6.45) is 0.979. The lowest BCUT2D eigenvalue weighted by molar-refractivity contribution is -0.384. The highest BCUT2D eigenvalue weighted by atomic mass is 35.5. The van der Waals surface area contributed by atoms with Gasteiger partial charge in [-0.1, -0.05) is 40.8 Å². The van der Waals surface area contributed by atoms with Gasteiger partial charge in [0, 0.05) is 12.1 Å². The topological polar surface area (TPSA) is 155 Å². The fourth-order valence-electron chi connectivity index (χ4n) is 2.54. The number of benzene rings is 1. The Morgan fingerprint density at radius 1 is 1.26 bits per heavy atom. The monoisotopic (exact) mass is 550 g/mol. The van der Waals surface area contributed by atoms with E-state index in [9.17, 15) is 24.5 Å². The Balaban J connectivity index is 1.36. The molecule has 0 aliphatic carbocycles. The molecule has 11 nitrogen and oxygen atoms in total. The van der Waals surface area contributed by atoms with Gasteiger partial charge in [-0.15, -0.1) is 21.5 Å². The molecule has 4 rings (SSSR count). The van der Waals surface area contributed by atoms with Crippen molar-refractivity contribution in [2.45, 2.75) is 10.1 Å². The molecule has 0 saturated carbocycles.